The van der Waals surface area contributed by atoms with E-state index in [4.69, 9.17) is 14.2 Å². The average Bonchev–Trinajstić information content (AvgIpc) is 2.54. The molecule has 0 unspecified atom stereocenters. The van der Waals surface area contributed by atoms with Crippen molar-refractivity contribution in [1.82, 2.24) is 9.97 Å². The molecule has 0 aliphatic carbocycles. The van der Waals surface area contributed by atoms with Crippen molar-refractivity contribution in [2.45, 2.75) is 0 Å². The van der Waals surface area contributed by atoms with Gasteiger partial charge in [0.15, 0.2) is 11.5 Å². The van der Waals surface area contributed by atoms with Crippen molar-refractivity contribution in [1.29, 1.82) is 0 Å². The minimum atomic E-state index is 0.293. The summed E-state index contributed by atoms with van der Waals surface area (Å²) in [7, 11) is 3.18. The summed E-state index contributed by atoms with van der Waals surface area (Å²) in [6.07, 6.45) is 1.70. The maximum absolute atomic E-state index is 5.62. The molecule has 0 aliphatic heterocycles. The number of fused-ring (bicyclic) bond motifs is 1. The second-order valence-electron chi connectivity index (χ2n) is 4.33. The number of nitrogens with zero attached hydrogens (tertiary/aromatic N) is 2. The maximum Gasteiger partial charge on any atom is 0.322 e. The highest BCUT2D eigenvalue weighted by Gasteiger charge is 2.09. The monoisotopic (exact) mass is 282 g/mol. The molecule has 0 aliphatic rings. The van der Waals surface area contributed by atoms with Crippen molar-refractivity contribution in [3.63, 3.8) is 0 Å². The number of benzene rings is 2. The number of rotatable bonds is 4. The third-order valence-corrected chi connectivity index (χ3v) is 3.02. The van der Waals surface area contributed by atoms with Crippen LogP contribution in [0.5, 0.6) is 23.3 Å². The van der Waals surface area contributed by atoms with Gasteiger partial charge in [-0.25, -0.2) is 4.98 Å². The van der Waals surface area contributed by atoms with Crippen LogP contribution < -0.4 is 14.2 Å². The Kier molecular flexibility index (Phi) is 3.55. The highest BCUT2D eigenvalue weighted by Crippen LogP contribution is 2.31. The Morgan fingerprint density at radius 3 is 2.33 bits per heavy atom. The van der Waals surface area contributed by atoms with Crippen molar-refractivity contribution in [3.05, 3.63) is 48.7 Å². The van der Waals surface area contributed by atoms with Gasteiger partial charge in [-0.05, 0) is 18.2 Å². The van der Waals surface area contributed by atoms with Crippen molar-refractivity contribution in [2.24, 2.45) is 0 Å². The molecule has 21 heavy (non-hydrogen) atoms. The molecule has 0 spiro atoms. The highest BCUT2D eigenvalue weighted by molar-refractivity contribution is 5.82. The molecule has 0 bridgehead atoms. The fourth-order valence-electron chi connectivity index (χ4n) is 1.98. The standard InChI is InChI=1S/C16H14N2O3/c1-19-14-8-11-10-17-16(18-13(11)9-15(14)20-2)21-12-6-4-3-5-7-12/h3-10H,1-2H3. The predicted octanol–water partition coefficient (Wildman–Crippen LogP) is 3.44. The van der Waals surface area contributed by atoms with Gasteiger partial charge in [0.05, 0.1) is 19.7 Å². The van der Waals surface area contributed by atoms with Crippen LogP contribution in [0.25, 0.3) is 10.9 Å². The van der Waals surface area contributed by atoms with Gasteiger partial charge in [0.2, 0.25) is 0 Å². The number of aromatic nitrogens is 2. The van der Waals surface area contributed by atoms with Gasteiger partial charge in [-0.1, -0.05) is 18.2 Å². The summed E-state index contributed by atoms with van der Waals surface area (Å²) in [6, 6.07) is 13.3. The fourth-order valence-corrected chi connectivity index (χ4v) is 1.98. The molecule has 0 radical (unpaired) electrons. The normalized spacial score (nSPS) is 10.4. The third-order valence-electron chi connectivity index (χ3n) is 3.02. The minimum absolute atomic E-state index is 0.293. The smallest absolute Gasteiger partial charge is 0.322 e. The first-order valence-corrected chi connectivity index (χ1v) is 6.42. The molecule has 5 nitrogen and oxygen atoms in total. The molecule has 106 valence electrons. The lowest BCUT2D eigenvalue weighted by Gasteiger charge is -2.09. The summed E-state index contributed by atoms with van der Waals surface area (Å²) in [5.41, 5.74) is 0.730. The van der Waals surface area contributed by atoms with E-state index in [0.29, 0.717) is 23.3 Å². The van der Waals surface area contributed by atoms with Gasteiger partial charge in [0.25, 0.3) is 0 Å². The lowest BCUT2D eigenvalue weighted by atomic mass is 10.2. The Hall–Kier alpha value is -2.82. The molecule has 0 saturated carbocycles. The summed E-state index contributed by atoms with van der Waals surface area (Å²) in [4.78, 5) is 8.59. The second-order valence-corrected chi connectivity index (χ2v) is 4.33. The summed E-state index contributed by atoms with van der Waals surface area (Å²) in [5.74, 6) is 1.96. The van der Waals surface area contributed by atoms with Crippen LogP contribution in [-0.2, 0) is 0 Å². The van der Waals surface area contributed by atoms with Crippen molar-refractivity contribution < 1.29 is 14.2 Å². The van der Waals surface area contributed by atoms with Crippen LogP contribution in [-0.4, -0.2) is 24.2 Å². The van der Waals surface area contributed by atoms with E-state index in [2.05, 4.69) is 9.97 Å². The quantitative estimate of drug-likeness (QED) is 0.733. The number of hydrogen-bond acceptors (Lipinski definition) is 5. The first-order valence-electron chi connectivity index (χ1n) is 6.42. The van der Waals surface area contributed by atoms with Crippen LogP contribution in [0.3, 0.4) is 0 Å². The van der Waals surface area contributed by atoms with Crippen LogP contribution in [0.1, 0.15) is 0 Å². The lowest BCUT2D eigenvalue weighted by molar-refractivity contribution is 0.355. The largest absolute Gasteiger partial charge is 0.493 e. The molecule has 3 rings (SSSR count). The predicted molar refractivity (Wildman–Crippen MR) is 79.2 cm³/mol. The molecule has 2 aromatic carbocycles. The van der Waals surface area contributed by atoms with Crippen molar-refractivity contribution in [2.75, 3.05) is 14.2 Å². The zero-order chi connectivity index (χ0) is 14.7. The van der Waals surface area contributed by atoms with E-state index in [1.54, 1.807) is 26.5 Å². The van der Waals surface area contributed by atoms with Crippen LogP contribution >= 0.6 is 0 Å². The van der Waals surface area contributed by atoms with Crippen LogP contribution in [0, 0.1) is 0 Å². The summed E-state index contributed by atoms with van der Waals surface area (Å²) in [6.45, 7) is 0. The maximum atomic E-state index is 5.62. The molecule has 0 atom stereocenters. The molecule has 3 aromatic rings. The van der Waals surface area contributed by atoms with Crippen LogP contribution in [0.4, 0.5) is 0 Å². The van der Waals surface area contributed by atoms with Crippen molar-refractivity contribution >= 4 is 10.9 Å². The van der Waals surface area contributed by atoms with Gasteiger partial charge in [-0.15, -0.1) is 0 Å². The zero-order valence-corrected chi connectivity index (χ0v) is 11.7. The Bertz CT molecular complexity index is 760. The molecular weight excluding hydrogens is 268 g/mol. The summed E-state index contributed by atoms with van der Waals surface area (Å²) in [5, 5.41) is 0.855. The fraction of sp³-hybridized carbons (Fsp3) is 0.125. The van der Waals surface area contributed by atoms with Gasteiger partial charge in [0.1, 0.15) is 5.75 Å². The zero-order valence-electron chi connectivity index (χ0n) is 11.7. The first-order chi connectivity index (χ1) is 10.3. The molecule has 5 heteroatoms. The third kappa shape index (κ3) is 2.72. The summed E-state index contributed by atoms with van der Waals surface area (Å²) >= 11 is 0. The topological polar surface area (TPSA) is 53.5 Å². The van der Waals surface area contributed by atoms with Gasteiger partial charge in [-0.3, -0.25) is 0 Å². The average molecular weight is 282 g/mol. The number of methoxy groups -OCH3 is 2. The number of hydrogen-bond donors (Lipinski definition) is 0. The Labute approximate surface area is 122 Å². The van der Waals surface area contributed by atoms with Gasteiger partial charge in [0, 0.05) is 17.6 Å². The molecular formula is C16H14N2O3. The SMILES string of the molecule is COc1cc2cnc(Oc3ccccc3)nc2cc1OC. The molecule has 0 fully saturated rings. The Morgan fingerprint density at radius 1 is 0.905 bits per heavy atom. The van der Waals surface area contributed by atoms with Crippen molar-refractivity contribution in [3.8, 4) is 23.3 Å². The van der Waals surface area contributed by atoms with Crippen LogP contribution in [0.15, 0.2) is 48.7 Å². The van der Waals surface area contributed by atoms with Gasteiger partial charge < -0.3 is 14.2 Å². The Balaban J connectivity index is 1.99. The van der Waals surface area contributed by atoms with E-state index in [1.165, 1.54) is 0 Å². The lowest BCUT2D eigenvalue weighted by Crippen LogP contribution is -1.95. The molecule has 0 saturated heterocycles. The van der Waals surface area contributed by atoms with E-state index < -0.39 is 0 Å². The minimum Gasteiger partial charge on any atom is -0.493 e. The van der Waals surface area contributed by atoms with E-state index in [1.807, 2.05) is 36.4 Å². The van der Waals surface area contributed by atoms with E-state index in [-0.39, 0.29) is 0 Å². The van der Waals surface area contributed by atoms with E-state index in [9.17, 15) is 0 Å². The molecule has 0 N–H and O–H groups in total. The Morgan fingerprint density at radius 2 is 1.62 bits per heavy atom. The van der Waals surface area contributed by atoms with Gasteiger partial charge >= 0.3 is 6.01 Å². The first kappa shape index (κ1) is 13.2. The molecule has 1 heterocycles. The molecule has 0 amide bonds. The van der Waals surface area contributed by atoms with E-state index >= 15 is 0 Å². The van der Waals surface area contributed by atoms with E-state index in [0.717, 1.165) is 10.9 Å². The highest BCUT2D eigenvalue weighted by atomic mass is 16.5. The number of para-hydroxylation sites is 1. The second kappa shape index (κ2) is 5.66. The van der Waals surface area contributed by atoms with Gasteiger partial charge in [-0.2, -0.15) is 4.98 Å². The summed E-state index contributed by atoms with van der Waals surface area (Å²) < 4.78 is 16.2. The number of ether oxygens (including phenoxy) is 3. The molecule has 1 aromatic heterocycles. The van der Waals surface area contributed by atoms with Crippen LogP contribution in [0.2, 0.25) is 0 Å².